The van der Waals surface area contributed by atoms with E-state index < -0.39 is 0 Å². The van der Waals surface area contributed by atoms with Crippen LogP contribution in [-0.2, 0) is 6.54 Å². The highest BCUT2D eigenvalue weighted by atomic mass is 15.2. The van der Waals surface area contributed by atoms with Crippen LogP contribution >= 0.6 is 0 Å². The van der Waals surface area contributed by atoms with Gasteiger partial charge in [-0.2, -0.15) is 15.0 Å². The summed E-state index contributed by atoms with van der Waals surface area (Å²) in [5.74, 6) is 1.30. The average Bonchev–Trinajstić information content (AvgIpc) is 2.77. The predicted octanol–water partition coefficient (Wildman–Crippen LogP) is 3.36. The Morgan fingerprint density at radius 3 is 2.03 bits per heavy atom. The molecule has 0 unspecified atom stereocenters. The molecule has 0 fully saturated rings. The van der Waals surface area contributed by atoms with Crippen molar-refractivity contribution in [3.05, 3.63) is 107 Å². The molecular weight excluding hydrogens is 372 g/mol. The van der Waals surface area contributed by atoms with Crippen LogP contribution in [0.2, 0.25) is 0 Å². The number of para-hydroxylation sites is 1. The Kier molecular flexibility index (Phi) is 5.96. The molecule has 30 heavy (non-hydrogen) atoms. The van der Waals surface area contributed by atoms with Crippen molar-refractivity contribution in [2.75, 3.05) is 11.1 Å². The lowest BCUT2D eigenvalue weighted by Gasteiger charge is -2.16. The van der Waals surface area contributed by atoms with Crippen LogP contribution in [-0.4, -0.2) is 15.0 Å². The summed E-state index contributed by atoms with van der Waals surface area (Å²) >= 11 is 0. The molecule has 0 aliphatic carbocycles. The molecule has 5 N–H and O–H groups in total. The number of hydrogen-bond acceptors (Lipinski definition) is 5. The van der Waals surface area contributed by atoms with Crippen LogP contribution in [0.3, 0.4) is 0 Å². The van der Waals surface area contributed by atoms with Gasteiger partial charge in [-0.3, -0.25) is 0 Å². The second-order valence-corrected chi connectivity index (χ2v) is 7.11. The Hall–Kier alpha value is -3.77. The molecule has 1 aromatic heterocycles. The summed E-state index contributed by atoms with van der Waals surface area (Å²) in [6, 6.07) is 29.0. The summed E-state index contributed by atoms with van der Waals surface area (Å²) in [5, 5.41) is 5.47. The quantitative estimate of drug-likeness (QED) is 0.445. The number of anilines is 3. The van der Waals surface area contributed by atoms with E-state index in [0.29, 0.717) is 18.3 Å². The molecule has 4 rings (SSSR count). The molecule has 0 atom stereocenters. The van der Waals surface area contributed by atoms with Crippen molar-refractivity contribution in [3.63, 3.8) is 0 Å². The maximum Gasteiger partial charge on any atom is 0.232 e. The van der Waals surface area contributed by atoms with Crippen molar-refractivity contribution >= 4 is 17.6 Å². The second-order valence-electron chi connectivity index (χ2n) is 7.11. The largest absolute Gasteiger partial charge is 0.368 e. The number of nitrogens with zero attached hydrogens (tertiary/aromatic N) is 3. The van der Waals surface area contributed by atoms with Crippen LogP contribution in [0.25, 0.3) is 0 Å². The summed E-state index contributed by atoms with van der Waals surface area (Å²) in [5.41, 5.74) is 10.5. The van der Waals surface area contributed by atoms with Gasteiger partial charge in [-0.15, -0.1) is 0 Å². The van der Waals surface area contributed by atoms with E-state index in [0.717, 1.165) is 11.3 Å². The number of benzene rings is 3. The van der Waals surface area contributed by atoms with Gasteiger partial charge in [0.25, 0.3) is 0 Å². The molecule has 0 aliphatic rings. The van der Waals surface area contributed by atoms with Crippen LogP contribution in [0.1, 0.15) is 28.6 Å². The molecule has 3 aromatic carbocycles. The van der Waals surface area contributed by atoms with Gasteiger partial charge in [0.15, 0.2) is 5.82 Å². The van der Waals surface area contributed by atoms with E-state index in [-0.39, 0.29) is 12.0 Å². The maximum absolute atomic E-state index is 5.96. The zero-order valence-corrected chi connectivity index (χ0v) is 16.9. The number of rotatable bonds is 7. The Morgan fingerprint density at radius 1 is 0.800 bits per heavy atom. The Labute approximate surface area is 176 Å². The molecule has 0 saturated carbocycles. The Balaban J connectivity index is 1.55. The van der Waals surface area contributed by atoms with Gasteiger partial charge in [-0.1, -0.05) is 78.9 Å². The molecule has 6 nitrogen and oxygen atoms in total. The molecule has 150 valence electrons. The van der Waals surface area contributed by atoms with Crippen LogP contribution in [0.5, 0.6) is 0 Å². The highest BCUT2D eigenvalue weighted by Gasteiger charge is 2.18. The van der Waals surface area contributed by atoms with E-state index in [1.165, 1.54) is 11.1 Å². The van der Waals surface area contributed by atoms with Gasteiger partial charge in [0.1, 0.15) is 12.6 Å². The van der Waals surface area contributed by atoms with Crippen molar-refractivity contribution in [1.29, 1.82) is 0 Å². The SMILES string of the molecule is Cc1ccccc1Nc1nc(N)nc(C[NH2+]C(c2ccccc2)c2ccccc2)n1. The van der Waals surface area contributed by atoms with Crippen molar-refractivity contribution < 1.29 is 5.32 Å². The van der Waals surface area contributed by atoms with E-state index in [9.17, 15) is 0 Å². The van der Waals surface area contributed by atoms with Crippen LogP contribution in [0.15, 0.2) is 84.9 Å². The number of nitrogens with one attached hydrogen (secondary N) is 1. The first-order valence-corrected chi connectivity index (χ1v) is 9.95. The standard InChI is InChI=1S/C24H24N6/c1-17-10-8-9-15-20(17)27-24-29-21(28-23(25)30-24)16-26-22(18-11-4-2-5-12-18)19-13-6-3-7-14-19/h2-15,22,26H,16H2,1H3,(H3,25,27,28,29,30)/p+1. The number of quaternary nitrogens is 1. The van der Waals surface area contributed by atoms with Gasteiger partial charge in [-0.25, -0.2) is 0 Å². The highest BCUT2D eigenvalue weighted by molar-refractivity contribution is 5.58. The minimum atomic E-state index is 0.137. The normalized spacial score (nSPS) is 10.9. The van der Waals surface area contributed by atoms with Gasteiger partial charge >= 0.3 is 0 Å². The lowest BCUT2D eigenvalue weighted by Crippen LogP contribution is -2.84. The Bertz CT molecular complexity index is 1060. The topological polar surface area (TPSA) is 93.3 Å². The highest BCUT2D eigenvalue weighted by Crippen LogP contribution is 2.19. The zero-order valence-electron chi connectivity index (χ0n) is 16.9. The molecule has 0 radical (unpaired) electrons. The summed E-state index contributed by atoms with van der Waals surface area (Å²) < 4.78 is 0. The van der Waals surface area contributed by atoms with Crippen LogP contribution < -0.4 is 16.4 Å². The number of nitrogens with two attached hydrogens (primary N) is 2. The van der Waals surface area contributed by atoms with E-state index in [1.54, 1.807) is 0 Å². The fraction of sp³-hybridized carbons (Fsp3) is 0.125. The lowest BCUT2D eigenvalue weighted by atomic mass is 9.99. The molecule has 1 heterocycles. The first-order chi connectivity index (χ1) is 14.7. The Morgan fingerprint density at radius 2 is 1.40 bits per heavy atom. The number of hydrogen-bond donors (Lipinski definition) is 3. The summed E-state index contributed by atoms with van der Waals surface area (Å²) in [4.78, 5) is 13.2. The molecule has 6 heteroatoms. The van der Waals surface area contributed by atoms with Gasteiger partial charge in [0.2, 0.25) is 11.9 Å². The smallest absolute Gasteiger partial charge is 0.232 e. The van der Waals surface area contributed by atoms with Crippen molar-refractivity contribution in [3.8, 4) is 0 Å². The van der Waals surface area contributed by atoms with Gasteiger partial charge in [0, 0.05) is 16.8 Å². The zero-order chi connectivity index (χ0) is 20.8. The summed E-state index contributed by atoms with van der Waals surface area (Å²) in [7, 11) is 0. The van der Waals surface area contributed by atoms with Gasteiger partial charge in [0.05, 0.1) is 0 Å². The molecule has 4 aromatic rings. The van der Waals surface area contributed by atoms with E-state index in [2.05, 4.69) is 74.1 Å². The third-order valence-electron chi connectivity index (χ3n) is 4.94. The molecule has 0 bridgehead atoms. The third kappa shape index (κ3) is 4.79. The monoisotopic (exact) mass is 397 g/mol. The predicted molar refractivity (Wildman–Crippen MR) is 119 cm³/mol. The molecule has 0 amide bonds. The first kappa shape index (κ1) is 19.5. The summed E-state index contributed by atoms with van der Waals surface area (Å²) in [6.07, 6.45) is 0. The number of aryl methyl sites for hydroxylation is 1. The van der Waals surface area contributed by atoms with E-state index in [1.807, 2.05) is 43.3 Å². The van der Waals surface area contributed by atoms with Crippen molar-refractivity contribution in [1.82, 2.24) is 15.0 Å². The summed E-state index contributed by atoms with van der Waals surface area (Å²) in [6.45, 7) is 2.61. The minimum Gasteiger partial charge on any atom is -0.368 e. The molecule has 0 saturated heterocycles. The fourth-order valence-electron chi connectivity index (χ4n) is 3.43. The molecule has 0 aliphatic heterocycles. The van der Waals surface area contributed by atoms with Crippen LogP contribution in [0, 0.1) is 6.92 Å². The molecular formula is C24H25N6+. The van der Waals surface area contributed by atoms with Gasteiger partial charge in [-0.05, 0) is 18.6 Å². The lowest BCUT2D eigenvalue weighted by molar-refractivity contribution is -0.703. The second kappa shape index (κ2) is 9.15. The van der Waals surface area contributed by atoms with E-state index >= 15 is 0 Å². The molecule has 0 spiro atoms. The van der Waals surface area contributed by atoms with E-state index in [4.69, 9.17) is 5.73 Å². The first-order valence-electron chi connectivity index (χ1n) is 9.95. The minimum absolute atomic E-state index is 0.137. The van der Waals surface area contributed by atoms with Crippen LogP contribution in [0.4, 0.5) is 17.6 Å². The maximum atomic E-state index is 5.96. The number of nitrogen functional groups attached to an aromatic ring is 1. The fourth-order valence-corrected chi connectivity index (χ4v) is 3.43. The third-order valence-corrected chi connectivity index (χ3v) is 4.94. The average molecular weight is 398 g/mol. The number of aromatic nitrogens is 3. The van der Waals surface area contributed by atoms with Gasteiger partial charge < -0.3 is 16.4 Å². The van der Waals surface area contributed by atoms with Crippen molar-refractivity contribution in [2.45, 2.75) is 19.5 Å². The van der Waals surface area contributed by atoms with Crippen molar-refractivity contribution in [2.24, 2.45) is 0 Å².